The first kappa shape index (κ1) is 22.3. The molecule has 4 aromatic rings. The molecule has 3 nitrogen and oxygen atoms in total. The van der Waals surface area contributed by atoms with Crippen LogP contribution >= 0.6 is 23.4 Å². The van der Waals surface area contributed by atoms with Crippen molar-refractivity contribution in [1.29, 1.82) is 0 Å². The topological polar surface area (TPSA) is 34.0 Å². The highest BCUT2D eigenvalue weighted by molar-refractivity contribution is 8.00. The van der Waals surface area contributed by atoms with Crippen LogP contribution < -0.4 is 5.32 Å². The molecule has 32 heavy (non-hydrogen) atoms. The van der Waals surface area contributed by atoms with Gasteiger partial charge in [-0.2, -0.15) is 13.2 Å². The summed E-state index contributed by atoms with van der Waals surface area (Å²) in [4.78, 5) is 13.3. The van der Waals surface area contributed by atoms with E-state index in [2.05, 4.69) is 9.88 Å². The van der Waals surface area contributed by atoms with Crippen molar-refractivity contribution in [1.82, 2.24) is 4.57 Å². The Morgan fingerprint density at radius 2 is 1.75 bits per heavy atom. The Morgan fingerprint density at radius 1 is 1.00 bits per heavy atom. The lowest BCUT2D eigenvalue weighted by molar-refractivity contribution is -0.137. The van der Waals surface area contributed by atoms with Gasteiger partial charge in [0.2, 0.25) is 5.91 Å². The number of rotatable bonds is 6. The number of halogens is 4. The standard InChI is InChI=1S/C24H18ClF3N2OS/c25-20-10-3-1-6-16(20)13-30-14-22(19-9-2-4-11-21(19)30)32-15-23(31)29-18-8-5-7-17(12-18)24(26,27)28/h1-12,14H,13,15H2,(H,29,31). The Kier molecular flexibility index (Phi) is 6.48. The molecule has 1 aromatic heterocycles. The van der Waals surface area contributed by atoms with Crippen LogP contribution in [0.2, 0.25) is 5.02 Å². The predicted molar refractivity (Wildman–Crippen MR) is 123 cm³/mol. The van der Waals surface area contributed by atoms with Crippen LogP contribution in [0.1, 0.15) is 11.1 Å². The van der Waals surface area contributed by atoms with E-state index in [-0.39, 0.29) is 17.3 Å². The average molecular weight is 475 g/mol. The number of aromatic nitrogens is 1. The van der Waals surface area contributed by atoms with Gasteiger partial charge < -0.3 is 9.88 Å². The molecule has 1 amide bonds. The number of para-hydroxylation sites is 1. The fourth-order valence-corrected chi connectivity index (χ4v) is 4.47. The lowest BCUT2D eigenvalue weighted by atomic mass is 10.2. The van der Waals surface area contributed by atoms with Crippen LogP contribution in [0.5, 0.6) is 0 Å². The molecule has 0 aliphatic carbocycles. The Balaban J connectivity index is 1.49. The fraction of sp³-hybridized carbons (Fsp3) is 0.125. The van der Waals surface area contributed by atoms with E-state index in [0.717, 1.165) is 33.5 Å². The summed E-state index contributed by atoms with van der Waals surface area (Å²) in [6.45, 7) is 0.581. The van der Waals surface area contributed by atoms with Crippen molar-refractivity contribution in [2.45, 2.75) is 17.6 Å². The van der Waals surface area contributed by atoms with Crippen LogP contribution in [-0.2, 0) is 17.5 Å². The van der Waals surface area contributed by atoms with Crippen LogP contribution in [0.3, 0.4) is 0 Å². The highest BCUT2D eigenvalue weighted by Gasteiger charge is 2.30. The number of thioether (sulfide) groups is 1. The van der Waals surface area contributed by atoms with Gasteiger partial charge in [0.05, 0.1) is 11.3 Å². The van der Waals surface area contributed by atoms with Crippen LogP contribution in [0.25, 0.3) is 10.9 Å². The zero-order valence-corrected chi connectivity index (χ0v) is 18.3. The number of hydrogen-bond donors (Lipinski definition) is 1. The van der Waals surface area contributed by atoms with Crippen LogP contribution in [-0.4, -0.2) is 16.2 Å². The Hall–Kier alpha value is -2.90. The molecule has 8 heteroatoms. The van der Waals surface area contributed by atoms with Gasteiger partial charge in [-0.1, -0.05) is 54.1 Å². The average Bonchev–Trinajstić information content (AvgIpc) is 3.11. The summed E-state index contributed by atoms with van der Waals surface area (Å²) in [5.41, 5.74) is 1.30. The first-order valence-electron chi connectivity index (χ1n) is 9.72. The van der Waals surface area contributed by atoms with E-state index in [1.54, 1.807) is 0 Å². The van der Waals surface area contributed by atoms with Gasteiger partial charge in [-0.25, -0.2) is 0 Å². The monoisotopic (exact) mass is 474 g/mol. The van der Waals surface area contributed by atoms with Crippen molar-refractivity contribution in [2.24, 2.45) is 0 Å². The van der Waals surface area contributed by atoms with Gasteiger partial charge in [-0.15, -0.1) is 11.8 Å². The maximum atomic E-state index is 12.9. The molecule has 0 atom stereocenters. The third-order valence-electron chi connectivity index (χ3n) is 4.88. The zero-order chi connectivity index (χ0) is 22.7. The highest BCUT2D eigenvalue weighted by atomic mass is 35.5. The summed E-state index contributed by atoms with van der Waals surface area (Å²) in [6.07, 6.45) is -2.49. The summed E-state index contributed by atoms with van der Waals surface area (Å²) in [5, 5.41) is 4.22. The third kappa shape index (κ3) is 5.11. The Morgan fingerprint density at radius 3 is 2.53 bits per heavy atom. The molecule has 0 saturated carbocycles. The number of amides is 1. The predicted octanol–water partition coefficient (Wildman–Crippen LogP) is 7.09. The molecular weight excluding hydrogens is 457 g/mol. The smallest absolute Gasteiger partial charge is 0.342 e. The molecule has 3 aromatic carbocycles. The first-order valence-corrected chi connectivity index (χ1v) is 11.1. The number of nitrogens with one attached hydrogen (secondary N) is 1. The molecule has 0 saturated heterocycles. The van der Waals surface area contributed by atoms with Gasteiger partial charge in [-0.3, -0.25) is 4.79 Å². The quantitative estimate of drug-likeness (QED) is 0.302. The third-order valence-corrected chi connectivity index (χ3v) is 6.29. The number of alkyl halides is 3. The molecule has 0 fully saturated rings. The summed E-state index contributed by atoms with van der Waals surface area (Å²) in [6, 6.07) is 20.1. The Labute approximate surface area is 192 Å². The molecule has 0 aliphatic rings. The number of anilines is 1. The van der Waals surface area contributed by atoms with E-state index in [1.165, 1.54) is 23.9 Å². The Bertz CT molecular complexity index is 1270. The van der Waals surface area contributed by atoms with Crippen molar-refractivity contribution in [3.63, 3.8) is 0 Å². The lowest BCUT2D eigenvalue weighted by Gasteiger charge is -2.09. The number of carbonyl (C=O) groups is 1. The van der Waals surface area contributed by atoms with Crippen LogP contribution in [0.15, 0.2) is 83.9 Å². The van der Waals surface area contributed by atoms with Gasteiger partial charge in [-0.05, 0) is 35.9 Å². The first-order chi connectivity index (χ1) is 15.3. The maximum Gasteiger partial charge on any atom is 0.416 e. The normalized spacial score (nSPS) is 11.6. The maximum absolute atomic E-state index is 12.9. The van der Waals surface area contributed by atoms with E-state index >= 15 is 0 Å². The molecule has 0 aliphatic heterocycles. The second-order valence-electron chi connectivity index (χ2n) is 7.15. The molecular formula is C24H18ClF3N2OS. The number of carbonyl (C=O) groups excluding carboxylic acids is 1. The molecule has 0 radical (unpaired) electrons. The summed E-state index contributed by atoms with van der Waals surface area (Å²) in [7, 11) is 0. The van der Waals surface area contributed by atoms with Crippen molar-refractivity contribution in [3.05, 3.63) is 95.1 Å². The van der Waals surface area contributed by atoms with Crippen molar-refractivity contribution < 1.29 is 18.0 Å². The zero-order valence-electron chi connectivity index (χ0n) is 16.7. The van der Waals surface area contributed by atoms with Crippen molar-refractivity contribution >= 4 is 45.9 Å². The van der Waals surface area contributed by atoms with Crippen molar-refractivity contribution in [2.75, 3.05) is 11.1 Å². The highest BCUT2D eigenvalue weighted by Crippen LogP contribution is 2.32. The molecule has 0 bridgehead atoms. The van der Waals surface area contributed by atoms with E-state index < -0.39 is 11.7 Å². The number of benzene rings is 3. The van der Waals surface area contributed by atoms with E-state index in [1.807, 2.05) is 54.7 Å². The molecule has 1 N–H and O–H groups in total. The minimum Gasteiger partial charge on any atom is -0.342 e. The van der Waals surface area contributed by atoms with Gasteiger partial charge in [0.25, 0.3) is 0 Å². The van der Waals surface area contributed by atoms with Gasteiger partial charge in [0.15, 0.2) is 0 Å². The minimum atomic E-state index is -4.46. The summed E-state index contributed by atoms with van der Waals surface area (Å²) >= 11 is 7.64. The number of hydrogen-bond acceptors (Lipinski definition) is 2. The van der Waals surface area contributed by atoms with E-state index in [9.17, 15) is 18.0 Å². The second-order valence-corrected chi connectivity index (χ2v) is 8.57. The van der Waals surface area contributed by atoms with Crippen molar-refractivity contribution in [3.8, 4) is 0 Å². The van der Waals surface area contributed by atoms with Crippen LogP contribution in [0, 0.1) is 0 Å². The lowest BCUT2D eigenvalue weighted by Crippen LogP contribution is -2.15. The molecule has 0 unspecified atom stereocenters. The largest absolute Gasteiger partial charge is 0.416 e. The molecule has 0 spiro atoms. The van der Waals surface area contributed by atoms with Gasteiger partial charge >= 0.3 is 6.18 Å². The number of nitrogens with zero attached hydrogens (tertiary/aromatic N) is 1. The van der Waals surface area contributed by atoms with Crippen LogP contribution in [0.4, 0.5) is 18.9 Å². The van der Waals surface area contributed by atoms with E-state index in [4.69, 9.17) is 11.6 Å². The molecule has 4 rings (SSSR count). The number of fused-ring (bicyclic) bond motifs is 1. The second kappa shape index (κ2) is 9.30. The van der Waals surface area contributed by atoms with E-state index in [0.29, 0.717) is 11.6 Å². The molecule has 1 heterocycles. The summed E-state index contributed by atoms with van der Waals surface area (Å²) in [5.74, 6) is -0.312. The minimum absolute atomic E-state index is 0.0658. The SMILES string of the molecule is O=C(CSc1cn(Cc2ccccc2Cl)c2ccccc12)Nc1cccc(C(F)(F)F)c1. The summed E-state index contributed by atoms with van der Waals surface area (Å²) < 4.78 is 40.7. The fourth-order valence-electron chi connectivity index (χ4n) is 3.38. The van der Waals surface area contributed by atoms with Gasteiger partial charge in [0, 0.05) is 39.3 Å². The van der Waals surface area contributed by atoms with Gasteiger partial charge in [0.1, 0.15) is 0 Å². The molecule has 164 valence electrons.